The number of hydrogen-bond donors (Lipinski definition) is 1. The number of halogens is 1. The quantitative estimate of drug-likeness (QED) is 0.442. The minimum atomic E-state index is 0.142. The first-order valence-corrected chi connectivity index (χ1v) is 11.8. The number of fused-ring (bicyclic) bond motifs is 1. The zero-order valence-electron chi connectivity index (χ0n) is 19.0. The van der Waals surface area contributed by atoms with Crippen LogP contribution in [0.2, 0.25) is 5.02 Å². The monoisotopic (exact) mass is 475 g/mol. The summed E-state index contributed by atoms with van der Waals surface area (Å²) in [5, 5.41) is 1.68. The molecule has 0 bridgehead atoms. The summed E-state index contributed by atoms with van der Waals surface area (Å²) in [5.41, 5.74) is 3.80. The Morgan fingerprint density at radius 1 is 1.03 bits per heavy atom. The Morgan fingerprint density at radius 3 is 2.47 bits per heavy atom. The molecule has 2 aromatic carbocycles. The molecule has 1 amide bonds. The van der Waals surface area contributed by atoms with Crippen LogP contribution in [0.3, 0.4) is 0 Å². The lowest BCUT2D eigenvalue weighted by molar-refractivity contribution is -0.130. The molecule has 174 valence electrons. The first kappa shape index (κ1) is 22.2. The molecule has 0 saturated carbocycles. The zero-order valence-corrected chi connectivity index (χ0v) is 19.8. The van der Waals surface area contributed by atoms with Crippen molar-refractivity contribution in [1.29, 1.82) is 0 Å². The standard InChI is InChI=1S/C26H26ClN5O2/c1-2-34-21-9-3-18(4-10-21)15-24(33)31-11-13-32(14-12-31)26-22-16-23(30-25(22)28-17-29-26)19-5-7-20(27)8-6-19/h3-10,16-17H,2,11-15H2,1H3,(H,28,29,30). The number of hydrogen-bond acceptors (Lipinski definition) is 5. The van der Waals surface area contributed by atoms with Crippen LogP contribution in [0.15, 0.2) is 60.9 Å². The molecule has 4 aromatic rings. The molecule has 1 aliphatic rings. The van der Waals surface area contributed by atoms with Gasteiger partial charge in [-0.3, -0.25) is 4.79 Å². The second-order valence-corrected chi connectivity index (χ2v) is 8.71. The van der Waals surface area contributed by atoms with Gasteiger partial charge in [0.15, 0.2) is 0 Å². The maximum atomic E-state index is 12.9. The second kappa shape index (κ2) is 9.73. The van der Waals surface area contributed by atoms with E-state index in [-0.39, 0.29) is 5.91 Å². The third-order valence-corrected chi connectivity index (χ3v) is 6.33. The molecule has 3 heterocycles. The molecule has 0 aliphatic carbocycles. The van der Waals surface area contributed by atoms with Crippen molar-refractivity contribution in [1.82, 2.24) is 19.9 Å². The fourth-order valence-electron chi connectivity index (χ4n) is 4.29. The van der Waals surface area contributed by atoms with Crippen LogP contribution < -0.4 is 9.64 Å². The van der Waals surface area contributed by atoms with Crippen molar-refractivity contribution < 1.29 is 9.53 Å². The summed E-state index contributed by atoms with van der Waals surface area (Å²) in [7, 11) is 0. The first-order chi connectivity index (χ1) is 16.6. The van der Waals surface area contributed by atoms with Crippen LogP contribution in [-0.2, 0) is 11.2 Å². The Morgan fingerprint density at radius 2 is 1.76 bits per heavy atom. The van der Waals surface area contributed by atoms with Crippen LogP contribution in [0, 0.1) is 0 Å². The van der Waals surface area contributed by atoms with Gasteiger partial charge in [-0.15, -0.1) is 0 Å². The first-order valence-electron chi connectivity index (χ1n) is 11.4. The number of H-pyrrole nitrogens is 1. The number of benzene rings is 2. The number of carbonyl (C=O) groups is 1. The van der Waals surface area contributed by atoms with Gasteiger partial charge in [-0.2, -0.15) is 0 Å². The number of piperazine rings is 1. The average Bonchev–Trinajstić information content (AvgIpc) is 3.30. The maximum Gasteiger partial charge on any atom is 0.227 e. The lowest BCUT2D eigenvalue weighted by Crippen LogP contribution is -2.49. The van der Waals surface area contributed by atoms with Crippen molar-refractivity contribution in [2.45, 2.75) is 13.3 Å². The average molecular weight is 476 g/mol. The van der Waals surface area contributed by atoms with Gasteiger partial charge < -0.3 is 19.5 Å². The minimum absolute atomic E-state index is 0.142. The van der Waals surface area contributed by atoms with E-state index < -0.39 is 0 Å². The number of rotatable bonds is 6. The van der Waals surface area contributed by atoms with E-state index in [0.717, 1.165) is 52.5 Å². The van der Waals surface area contributed by atoms with Crippen LogP contribution in [-0.4, -0.2) is 58.5 Å². The summed E-state index contributed by atoms with van der Waals surface area (Å²) in [6.07, 6.45) is 1.98. The number of aromatic nitrogens is 3. The highest BCUT2D eigenvalue weighted by Gasteiger charge is 2.24. The molecule has 0 unspecified atom stereocenters. The van der Waals surface area contributed by atoms with Gasteiger partial charge in [0.1, 0.15) is 23.5 Å². The topological polar surface area (TPSA) is 74.3 Å². The SMILES string of the molecule is CCOc1ccc(CC(=O)N2CCN(c3ncnc4[nH]c(-c5ccc(Cl)cc5)cc34)CC2)cc1. The van der Waals surface area contributed by atoms with Crippen molar-refractivity contribution in [3.05, 3.63) is 71.5 Å². The molecule has 7 nitrogen and oxygen atoms in total. The number of aromatic amines is 1. The van der Waals surface area contributed by atoms with Crippen molar-refractivity contribution in [2.75, 3.05) is 37.7 Å². The van der Waals surface area contributed by atoms with E-state index in [4.69, 9.17) is 16.3 Å². The van der Waals surface area contributed by atoms with Crippen LogP contribution in [0.5, 0.6) is 5.75 Å². The summed E-state index contributed by atoms with van der Waals surface area (Å²) in [5.74, 6) is 1.86. The highest BCUT2D eigenvalue weighted by molar-refractivity contribution is 6.30. The maximum absolute atomic E-state index is 12.9. The van der Waals surface area contributed by atoms with Crippen LogP contribution in [0.25, 0.3) is 22.3 Å². The van der Waals surface area contributed by atoms with E-state index in [9.17, 15) is 4.79 Å². The van der Waals surface area contributed by atoms with Gasteiger partial charge in [0, 0.05) is 36.9 Å². The van der Waals surface area contributed by atoms with Gasteiger partial charge in [0.05, 0.1) is 18.4 Å². The summed E-state index contributed by atoms with van der Waals surface area (Å²) >= 11 is 6.03. The summed E-state index contributed by atoms with van der Waals surface area (Å²) < 4.78 is 5.48. The van der Waals surface area contributed by atoms with Gasteiger partial charge >= 0.3 is 0 Å². The van der Waals surface area contributed by atoms with E-state index in [1.165, 1.54) is 0 Å². The van der Waals surface area contributed by atoms with Crippen molar-refractivity contribution >= 4 is 34.4 Å². The number of amides is 1. The lowest BCUT2D eigenvalue weighted by atomic mass is 10.1. The van der Waals surface area contributed by atoms with Crippen LogP contribution in [0.1, 0.15) is 12.5 Å². The number of nitrogens with zero attached hydrogens (tertiary/aromatic N) is 4. The molecule has 1 N–H and O–H groups in total. The Labute approximate surface area is 203 Å². The van der Waals surface area contributed by atoms with Crippen molar-refractivity contribution in [2.24, 2.45) is 0 Å². The molecule has 34 heavy (non-hydrogen) atoms. The van der Waals surface area contributed by atoms with Gasteiger partial charge in [0.25, 0.3) is 0 Å². The highest BCUT2D eigenvalue weighted by Crippen LogP contribution is 2.30. The summed E-state index contributed by atoms with van der Waals surface area (Å²) in [6, 6.07) is 17.5. The van der Waals surface area contributed by atoms with Gasteiger partial charge in [-0.05, 0) is 48.4 Å². The van der Waals surface area contributed by atoms with E-state index in [1.54, 1.807) is 6.33 Å². The fraction of sp³-hybridized carbons (Fsp3) is 0.269. The minimum Gasteiger partial charge on any atom is -0.494 e. The number of carbonyl (C=O) groups excluding carboxylic acids is 1. The largest absolute Gasteiger partial charge is 0.494 e. The molecule has 0 atom stereocenters. The number of nitrogens with one attached hydrogen (secondary N) is 1. The molecule has 1 fully saturated rings. The smallest absolute Gasteiger partial charge is 0.227 e. The predicted molar refractivity (Wildman–Crippen MR) is 134 cm³/mol. The van der Waals surface area contributed by atoms with E-state index >= 15 is 0 Å². The zero-order chi connectivity index (χ0) is 23.5. The Balaban J connectivity index is 1.25. The van der Waals surface area contributed by atoms with Crippen molar-refractivity contribution in [3.63, 3.8) is 0 Å². The molecule has 5 rings (SSSR count). The molecule has 2 aromatic heterocycles. The van der Waals surface area contributed by atoms with Crippen LogP contribution >= 0.6 is 11.6 Å². The highest BCUT2D eigenvalue weighted by atomic mass is 35.5. The van der Waals surface area contributed by atoms with Crippen molar-refractivity contribution in [3.8, 4) is 17.0 Å². The number of anilines is 1. The summed E-state index contributed by atoms with van der Waals surface area (Å²) in [4.78, 5) is 29.4. The molecule has 0 spiro atoms. The normalized spacial score (nSPS) is 13.9. The molecule has 0 radical (unpaired) electrons. The molecule has 1 aliphatic heterocycles. The molecular formula is C26H26ClN5O2. The van der Waals surface area contributed by atoms with Crippen LogP contribution in [0.4, 0.5) is 5.82 Å². The van der Waals surface area contributed by atoms with Gasteiger partial charge in [-0.1, -0.05) is 35.9 Å². The molecular weight excluding hydrogens is 450 g/mol. The van der Waals surface area contributed by atoms with E-state index in [1.807, 2.05) is 60.4 Å². The number of ether oxygens (including phenoxy) is 1. The Hall–Kier alpha value is -3.58. The third-order valence-electron chi connectivity index (χ3n) is 6.08. The van der Waals surface area contributed by atoms with Gasteiger partial charge in [0.2, 0.25) is 5.91 Å². The fourth-order valence-corrected chi connectivity index (χ4v) is 4.41. The van der Waals surface area contributed by atoms with E-state index in [2.05, 4.69) is 25.9 Å². The van der Waals surface area contributed by atoms with E-state index in [0.29, 0.717) is 31.1 Å². The Bertz CT molecular complexity index is 1280. The predicted octanol–water partition coefficient (Wildman–Crippen LogP) is 4.57. The second-order valence-electron chi connectivity index (χ2n) is 8.27. The van der Waals surface area contributed by atoms with Gasteiger partial charge in [-0.25, -0.2) is 9.97 Å². The Kier molecular flexibility index (Phi) is 6.36. The molecule has 8 heteroatoms. The molecule has 1 saturated heterocycles. The lowest BCUT2D eigenvalue weighted by Gasteiger charge is -2.35. The third kappa shape index (κ3) is 4.70. The summed E-state index contributed by atoms with van der Waals surface area (Å²) in [6.45, 7) is 5.36.